The second-order valence-corrected chi connectivity index (χ2v) is 5.28. The van der Waals surface area contributed by atoms with E-state index in [1.165, 1.54) is 12.8 Å². The van der Waals surface area contributed by atoms with Gasteiger partial charge in [0.25, 0.3) is 0 Å². The highest BCUT2D eigenvalue weighted by Gasteiger charge is 2.16. The Bertz CT molecular complexity index is 409. The molecule has 1 aliphatic carbocycles. The van der Waals surface area contributed by atoms with Gasteiger partial charge in [-0.2, -0.15) is 0 Å². The standard InChI is InChI=1S/C15H22N2O2/c1-11(16)10-15(18)17-12-6-8-14(9-7-12)19-13-4-2-3-5-13/h6-9,11,13H,2-5,10,16H2,1H3,(H,17,18). The van der Waals surface area contributed by atoms with Crippen LogP contribution in [0, 0.1) is 0 Å². The molecule has 0 radical (unpaired) electrons. The Labute approximate surface area is 114 Å². The molecule has 0 spiro atoms. The minimum atomic E-state index is -0.120. The summed E-state index contributed by atoms with van der Waals surface area (Å²) in [5, 5.41) is 2.82. The van der Waals surface area contributed by atoms with E-state index >= 15 is 0 Å². The van der Waals surface area contributed by atoms with Crippen LogP contribution in [0.1, 0.15) is 39.0 Å². The number of hydrogen-bond acceptors (Lipinski definition) is 3. The van der Waals surface area contributed by atoms with Gasteiger partial charge in [-0.25, -0.2) is 0 Å². The zero-order valence-corrected chi connectivity index (χ0v) is 11.4. The molecule has 1 aliphatic rings. The van der Waals surface area contributed by atoms with Crippen LogP contribution in [0.2, 0.25) is 0 Å². The Morgan fingerprint density at radius 3 is 2.58 bits per heavy atom. The summed E-state index contributed by atoms with van der Waals surface area (Å²) in [4.78, 5) is 11.6. The van der Waals surface area contributed by atoms with Crippen molar-refractivity contribution in [1.82, 2.24) is 0 Å². The molecule has 1 aromatic rings. The van der Waals surface area contributed by atoms with E-state index in [0.29, 0.717) is 12.5 Å². The van der Waals surface area contributed by atoms with Gasteiger partial charge in [0.15, 0.2) is 0 Å². The number of carbonyl (C=O) groups excluding carboxylic acids is 1. The molecule has 0 bridgehead atoms. The quantitative estimate of drug-likeness (QED) is 0.857. The van der Waals surface area contributed by atoms with Crippen LogP contribution in [0.25, 0.3) is 0 Å². The lowest BCUT2D eigenvalue weighted by atomic mass is 10.2. The SMILES string of the molecule is CC(N)CC(=O)Nc1ccc(OC2CCCC2)cc1. The van der Waals surface area contributed by atoms with E-state index in [0.717, 1.165) is 24.3 Å². The fourth-order valence-corrected chi connectivity index (χ4v) is 2.32. The molecule has 0 aromatic heterocycles. The molecule has 4 nitrogen and oxygen atoms in total. The number of ether oxygens (including phenoxy) is 1. The van der Waals surface area contributed by atoms with E-state index in [2.05, 4.69) is 5.32 Å². The Hall–Kier alpha value is -1.55. The van der Waals surface area contributed by atoms with E-state index in [1.54, 1.807) is 0 Å². The van der Waals surface area contributed by atoms with Crippen molar-refractivity contribution in [3.63, 3.8) is 0 Å². The third kappa shape index (κ3) is 4.56. The largest absolute Gasteiger partial charge is 0.490 e. The predicted molar refractivity (Wildman–Crippen MR) is 76.2 cm³/mol. The van der Waals surface area contributed by atoms with E-state index in [9.17, 15) is 4.79 Å². The molecule has 1 fully saturated rings. The van der Waals surface area contributed by atoms with Crippen molar-refractivity contribution in [2.24, 2.45) is 5.73 Å². The van der Waals surface area contributed by atoms with E-state index in [1.807, 2.05) is 31.2 Å². The van der Waals surface area contributed by atoms with Gasteiger partial charge < -0.3 is 15.8 Å². The van der Waals surface area contributed by atoms with Gasteiger partial charge in [0.05, 0.1) is 6.10 Å². The van der Waals surface area contributed by atoms with Gasteiger partial charge in [0.1, 0.15) is 5.75 Å². The highest BCUT2D eigenvalue weighted by atomic mass is 16.5. The number of hydrogen-bond donors (Lipinski definition) is 2. The molecule has 4 heteroatoms. The highest BCUT2D eigenvalue weighted by Crippen LogP contribution is 2.24. The summed E-state index contributed by atoms with van der Waals surface area (Å²) in [6, 6.07) is 7.41. The highest BCUT2D eigenvalue weighted by molar-refractivity contribution is 5.91. The van der Waals surface area contributed by atoms with Crippen molar-refractivity contribution in [3.05, 3.63) is 24.3 Å². The fraction of sp³-hybridized carbons (Fsp3) is 0.533. The molecular weight excluding hydrogens is 240 g/mol. The van der Waals surface area contributed by atoms with Crippen molar-refractivity contribution in [1.29, 1.82) is 0 Å². The van der Waals surface area contributed by atoms with E-state index in [4.69, 9.17) is 10.5 Å². The van der Waals surface area contributed by atoms with Crippen LogP contribution in [0.4, 0.5) is 5.69 Å². The number of anilines is 1. The molecule has 1 aromatic carbocycles. The summed E-state index contributed by atoms with van der Waals surface area (Å²) in [5.41, 5.74) is 6.36. The monoisotopic (exact) mass is 262 g/mol. The summed E-state index contributed by atoms with van der Waals surface area (Å²) in [7, 11) is 0. The zero-order valence-electron chi connectivity index (χ0n) is 11.4. The number of nitrogens with one attached hydrogen (secondary N) is 1. The smallest absolute Gasteiger partial charge is 0.225 e. The molecule has 0 heterocycles. The first-order valence-corrected chi connectivity index (χ1v) is 6.95. The number of nitrogens with two attached hydrogens (primary N) is 1. The van der Waals surface area contributed by atoms with Gasteiger partial charge >= 0.3 is 0 Å². The molecular formula is C15H22N2O2. The molecule has 1 saturated carbocycles. The van der Waals surface area contributed by atoms with Crippen LogP contribution in [-0.4, -0.2) is 18.1 Å². The third-order valence-electron chi connectivity index (χ3n) is 3.25. The minimum Gasteiger partial charge on any atom is -0.490 e. The lowest BCUT2D eigenvalue weighted by molar-refractivity contribution is -0.116. The number of carbonyl (C=O) groups is 1. The maximum absolute atomic E-state index is 11.6. The maximum Gasteiger partial charge on any atom is 0.225 e. The summed E-state index contributed by atoms with van der Waals surface area (Å²) < 4.78 is 5.87. The molecule has 2 rings (SSSR count). The van der Waals surface area contributed by atoms with Crippen molar-refractivity contribution in [2.75, 3.05) is 5.32 Å². The second kappa shape index (κ2) is 6.57. The van der Waals surface area contributed by atoms with Crippen molar-refractivity contribution in [3.8, 4) is 5.75 Å². The Morgan fingerprint density at radius 1 is 1.37 bits per heavy atom. The summed E-state index contributed by atoms with van der Waals surface area (Å²) in [5.74, 6) is 0.816. The minimum absolute atomic E-state index is 0.0561. The first kappa shape index (κ1) is 13.9. The number of benzene rings is 1. The second-order valence-electron chi connectivity index (χ2n) is 5.28. The predicted octanol–water partition coefficient (Wildman–Crippen LogP) is 2.68. The zero-order chi connectivity index (χ0) is 13.7. The van der Waals surface area contributed by atoms with Gasteiger partial charge in [-0.15, -0.1) is 0 Å². The van der Waals surface area contributed by atoms with Gasteiger partial charge in [-0.05, 0) is 56.9 Å². The lowest BCUT2D eigenvalue weighted by Crippen LogP contribution is -2.23. The molecule has 1 atom stereocenters. The van der Waals surface area contributed by atoms with Crippen LogP contribution < -0.4 is 15.8 Å². The van der Waals surface area contributed by atoms with Crippen LogP contribution in [0.15, 0.2) is 24.3 Å². The first-order chi connectivity index (χ1) is 9.13. The van der Waals surface area contributed by atoms with Gasteiger partial charge in [-0.1, -0.05) is 0 Å². The first-order valence-electron chi connectivity index (χ1n) is 6.95. The molecule has 1 amide bonds. The summed E-state index contributed by atoms with van der Waals surface area (Å²) in [6.07, 6.45) is 5.50. The Kier molecular flexibility index (Phi) is 4.80. The topological polar surface area (TPSA) is 64.4 Å². The average molecular weight is 262 g/mol. The van der Waals surface area contributed by atoms with Crippen LogP contribution in [0.3, 0.4) is 0 Å². The third-order valence-corrected chi connectivity index (χ3v) is 3.25. The van der Waals surface area contributed by atoms with Crippen LogP contribution in [-0.2, 0) is 4.79 Å². The van der Waals surface area contributed by atoms with Gasteiger partial charge in [-0.3, -0.25) is 4.79 Å². The van der Waals surface area contributed by atoms with Crippen molar-refractivity contribution < 1.29 is 9.53 Å². The molecule has 19 heavy (non-hydrogen) atoms. The van der Waals surface area contributed by atoms with Crippen LogP contribution in [0.5, 0.6) is 5.75 Å². The average Bonchev–Trinajstić information content (AvgIpc) is 2.83. The Morgan fingerprint density at radius 2 is 2.00 bits per heavy atom. The van der Waals surface area contributed by atoms with E-state index in [-0.39, 0.29) is 11.9 Å². The number of amides is 1. The molecule has 0 saturated heterocycles. The summed E-state index contributed by atoms with van der Waals surface area (Å²) >= 11 is 0. The molecule has 104 valence electrons. The van der Waals surface area contributed by atoms with Crippen molar-refractivity contribution >= 4 is 11.6 Å². The van der Waals surface area contributed by atoms with Gasteiger partial charge in [0.2, 0.25) is 5.91 Å². The van der Waals surface area contributed by atoms with Crippen LogP contribution >= 0.6 is 0 Å². The van der Waals surface area contributed by atoms with E-state index < -0.39 is 0 Å². The maximum atomic E-state index is 11.6. The normalized spacial score (nSPS) is 17.2. The molecule has 3 N–H and O–H groups in total. The summed E-state index contributed by atoms with van der Waals surface area (Å²) in [6.45, 7) is 1.82. The number of rotatable bonds is 5. The fourth-order valence-electron chi connectivity index (χ4n) is 2.32. The lowest BCUT2D eigenvalue weighted by Gasteiger charge is -2.13. The molecule has 0 aliphatic heterocycles. The molecule has 1 unspecified atom stereocenters. The Balaban J connectivity index is 1.85. The van der Waals surface area contributed by atoms with Gasteiger partial charge in [0, 0.05) is 18.2 Å². The van der Waals surface area contributed by atoms with Crippen molar-refractivity contribution in [2.45, 2.75) is 51.2 Å².